The maximum Gasteiger partial charge on any atom is 0.116 e. The highest BCUT2D eigenvalue weighted by Crippen LogP contribution is 2.45. The van der Waals surface area contributed by atoms with E-state index in [-0.39, 0.29) is 5.75 Å². The van der Waals surface area contributed by atoms with Gasteiger partial charge in [0.1, 0.15) is 5.75 Å². The molecule has 3 nitrogen and oxygen atoms in total. The number of phenolic OH excluding ortho intramolecular Hbond substituents is 1. The number of benzene rings is 5. The molecule has 2 heterocycles. The first-order valence-corrected chi connectivity index (χ1v) is 13.0. The molecule has 0 atom stereocenters. The second-order valence-corrected chi connectivity index (χ2v) is 9.61. The van der Waals surface area contributed by atoms with Gasteiger partial charge in [0, 0.05) is 23.5 Å². The third-order valence-electron chi connectivity index (χ3n) is 7.28. The van der Waals surface area contributed by atoms with Crippen LogP contribution in [0.1, 0.15) is 0 Å². The van der Waals surface area contributed by atoms with E-state index in [4.69, 9.17) is 0 Å². The molecule has 2 aromatic heterocycles. The highest BCUT2D eigenvalue weighted by molar-refractivity contribution is 6.21. The lowest BCUT2D eigenvalue weighted by atomic mass is 9.85. The van der Waals surface area contributed by atoms with Crippen LogP contribution >= 0.6 is 0 Å². The van der Waals surface area contributed by atoms with Crippen LogP contribution < -0.4 is 0 Å². The van der Waals surface area contributed by atoms with Gasteiger partial charge in [-0.15, -0.1) is 0 Å². The fourth-order valence-corrected chi connectivity index (χ4v) is 5.47. The van der Waals surface area contributed by atoms with Crippen molar-refractivity contribution < 1.29 is 5.11 Å². The molecule has 5 aromatic carbocycles. The lowest BCUT2D eigenvalue weighted by Gasteiger charge is -2.18. The third-order valence-corrected chi connectivity index (χ3v) is 7.28. The second-order valence-electron chi connectivity index (χ2n) is 9.61. The van der Waals surface area contributed by atoms with Gasteiger partial charge in [0.15, 0.2) is 0 Å². The van der Waals surface area contributed by atoms with E-state index in [1.54, 1.807) is 6.07 Å². The Morgan fingerprint density at radius 3 is 1.31 bits per heavy atom. The largest absolute Gasteiger partial charge is 0.508 e. The average molecular weight is 501 g/mol. The standard InChI is InChI=1S/C36H24N2O/c39-28-19-20-31-32(23-28)36(27-17-13-25(14-18-27)34-10-4-6-22-38-34)30-8-2-1-7-29(30)35(31)26-15-11-24(12-16-26)33-9-3-5-21-37-33/h1-23,39H. The molecule has 1 N–H and O–H groups in total. The predicted octanol–water partition coefficient (Wildman–Crippen LogP) is 9.16. The highest BCUT2D eigenvalue weighted by atomic mass is 16.3. The lowest BCUT2D eigenvalue weighted by molar-refractivity contribution is 0.476. The number of phenols is 1. The smallest absolute Gasteiger partial charge is 0.116 e. The summed E-state index contributed by atoms with van der Waals surface area (Å²) in [4.78, 5) is 9.00. The van der Waals surface area contributed by atoms with Crippen molar-refractivity contribution >= 4 is 21.5 Å². The van der Waals surface area contributed by atoms with Crippen LogP contribution in [-0.4, -0.2) is 15.1 Å². The first kappa shape index (κ1) is 22.9. The Labute approximate surface area is 226 Å². The summed E-state index contributed by atoms with van der Waals surface area (Å²) >= 11 is 0. The SMILES string of the molecule is Oc1ccc2c(-c3ccc(-c4ccccn4)cc3)c3ccccc3c(-c3ccc(-c4ccccn4)cc3)c2c1. The maximum absolute atomic E-state index is 10.6. The first-order chi connectivity index (χ1) is 19.3. The molecular weight excluding hydrogens is 476 g/mol. The molecule has 0 bridgehead atoms. The molecule has 0 aliphatic heterocycles. The molecule has 0 saturated heterocycles. The van der Waals surface area contributed by atoms with Crippen molar-refractivity contribution in [2.24, 2.45) is 0 Å². The monoisotopic (exact) mass is 500 g/mol. The van der Waals surface area contributed by atoms with Crippen LogP contribution in [0.2, 0.25) is 0 Å². The van der Waals surface area contributed by atoms with Crippen molar-refractivity contribution in [3.63, 3.8) is 0 Å². The van der Waals surface area contributed by atoms with Crippen LogP contribution in [-0.2, 0) is 0 Å². The van der Waals surface area contributed by atoms with Gasteiger partial charge in [0.2, 0.25) is 0 Å². The number of hydrogen-bond donors (Lipinski definition) is 1. The second kappa shape index (κ2) is 9.55. The zero-order valence-electron chi connectivity index (χ0n) is 21.1. The lowest BCUT2D eigenvalue weighted by Crippen LogP contribution is -1.91. The Morgan fingerprint density at radius 2 is 0.821 bits per heavy atom. The molecule has 7 aromatic rings. The molecule has 0 unspecified atom stereocenters. The van der Waals surface area contributed by atoms with Gasteiger partial charge < -0.3 is 5.11 Å². The van der Waals surface area contributed by atoms with Gasteiger partial charge >= 0.3 is 0 Å². The summed E-state index contributed by atoms with van der Waals surface area (Å²) in [5.41, 5.74) is 8.53. The summed E-state index contributed by atoms with van der Waals surface area (Å²) in [5, 5.41) is 15.0. The summed E-state index contributed by atoms with van der Waals surface area (Å²) in [6.07, 6.45) is 3.63. The highest BCUT2D eigenvalue weighted by Gasteiger charge is 2.17. The number of aromatic nitrogens is 2. The van der Waals surface area contributed by atoms with Gasteiger partial charge in [-0.1, -0.05) is 91.0 Å². The van der Waals surface area contributed by atoms with Gasteiger partial charge in [0.05, 0.1) is 11.4 Å². The summed E-state index contributed by atoms with van der Waals surface area (Å²) < 4.78 is 0. The fraction of sp³-hybridized carbons (Fsp3) is 0. The number of hydrogen-bond acceptors (Lipinski definition) is 3. The van der Waals surface area contributed by atoms with E-state index in [1.807, 2.05) is 60.9 Å². The van der Waals surface area contributed by atoms with Gasteiger partial charge in [-0.2, -0.15) is 0 Å². The summed E-state index contributed by atoms with van der Waals surface area (Å²) in [7, 11) is 0. The molecular formula is C36H24N2O. The minimum Gasteiger partial charge on any atom is -0.508 e. The first-order valence-electron chi connectivity index (χ1n) is 13.0. The Bertz CT molecular complexity index is 1930. The van der Waals surface area contributed by atoms with Gasteiger partial charge in [-0.3, -0.25) is 9.97 Å². The number of aromatic hydroxyl groups is 1. The van der Waals surface area contributed by atoms with Gasteiger partial charge in [-0.05, 0) is 80.2 Å². The van der Waals surface area contributed by atoms with Crippen molar-refractivity contribution in [3.8, 4) is 50.5 Å². The van der Waals surface area contributed by atoms with E-state index in [1.165, 1.54) is 5.39 Å². The van der Waals surface area contributed by atoms with Crippen LogP contribution in [0.4, 0.5) is 0 Å². The summed E-state index contributed by atoms with van der Waals surface area (Å²) in [5.74, 6) is 0.251. The minimum atomic E-state index is 0.251. The molecule has 0 aliphatic rings. The molecule has 0 fully saturated rings. The van der Waals surface area contributed by atoms with E-state index in [2.05, 4.69) is 82.8 Å². The third kappa shape index (κ3) is 4.11. The number of fused-ring (bicyclic) bond motifs is 2. The average Bonchev–Trinajstić information content (AvgIpc) is 3.01. The molecule has 0 amide bonds. The summed E-state index contributed by atoms with van der Waals surface area (Å²) in [6.45, 7) is 0. The normalized spacial score (nSPS) is 11.2. The number of nitrogens with zero attached hydrogens (tertiary/aromatic N) is 2. The molecule has 0 spiro atoms. The van der Waals surface area contributed by atoms with Crippen LogP contribution in [0, 0.1) is 0 Å². The molecule has 7 rings (SSSR count). The molecule has 0 radical (unpaired) electrons. The zero-order valence-corrected chi connectivity index (χ0v) is 21.1. The van der Waals surface area contributed by atoms with Crippen molar-refractivity contribution in [1.29, 1.82) is 0 Å². The Morgan fingerprint density at radius 1 is 0.385 bits per heavy atom. The molecule has 3 heteroatoms. The Kier molecular flexibility index (Phi) is 5.60. The Balaban J connectivity index is 1.45. The zero-order chi connectivity index (χ0) is 26.2. The minimum absolute atomic E-state index is 0.251. The van der Waals surface area contributed by atoms with Gasteiger partial charge in [0.25, 0.3) is 0 Å². The topological polar surface area (TPSA) is 46.0 Å². The van der Waals surface area contributed by atoms with E-state index < -0.39 is 0 Å². The van der Waals surface area contributed by atoms with Crippen molar-refractivity contribution in [1.82, 2.24) is 9.97 Å². The van der Waals surface area contributed by atoms with Crippen LogP contribution in [0.15, 0.2) is 140 Å². The fourth-order valence-electron chi connectivity index (χ4n) is 5.47. The van der Waals surface area contributed by atoms with Crippen LogP contribution in [0.3, 0.4) is 0 Å². The number of pyridine rings is 2. The quantitative estimate of drug-likeness (QED) is 0.245. The molecule has 0 saturated carbocycles. The number of rotatable bonds is 4. The van der Waals surface area contributed by atoms with Crippen molar-refractivity contribution in [3.05, 3.63) is 140 Å². The van der Waals surface area contributed by atoms with E-state index in [0.717, 1.165) is 60.9 Å². The van der Waals surface area contributed by atoms with Crippen molar-refractivity contribution in [2.45, 2.75) is 0 Å². The summed E-state index contributed by atoms with van der Waals surface area (Å²) in [6, 6.07) is 43.3. The molecule has 184 valence electrons. The van der Waals surface area contributed by atoms with E-state index in [9.17, 15) is 5.11 Å². The van der Waals surface area contributed by atoms with Crippen molar-refractivity contribution in [2.75, 3.05) is 0 Å². The van der Waals surface area contributed by atoms with E-state index in [0.29, 0.717) is 0 Å². The maximum atomic E-state index is 10.6. The Hall–Kier alpha value is -5.28. The molecule has 39 heavy (non-hydrogen) atoms. The van der Waals surface area contributed by atoms with Crippen LogP contribution in [0.5, 0.6) is 5.75 Å². The van der Waals surface area contributed by atoms with E-state index >= 15 is 0 Å². The van der Waals surface area contributed by atoms with Gasteiger partial charge in [-0.25, -0.2) is 0 Å². The molecule has 0 aliphatic carbocycles. The predicted molar refractivity (Wildman–Crippen MR) is 160 cm³/mol. The van der Waals surface area contributed by atoms with Crippen LogP contribution in [0.25, 0.3) is 66.3 Å².